The van der Waals surface area contributed by atoms with Gasteiger partial charge in [0.1, 0.15) is 5.82 Å². The van der Waals surface area contributed by atoms with Crippen LogP contribution in [0.1, 0.15) is 29.8 Å². The average molecular weight is 474 g/mol. The molecule has 0 aromatic carbocycles. The van der Waals surface area contributed by atoms with Gasteiger partial charge in [0.2, 0.25) is 5.95 Å². The predicted molar refractivity (Wildman–Crippen MR) is 115 cm³/mol. The van der Waals surface area contributed by atoms with Gasteiger partial charge in [0.25, 0.3) is 0 Å². The zero-order valence-electron chi connectivity index (χ0n) is 19.2. The molecular weight excluding hydrogens is 443 g/mol. The minimum Gasteiger partial charge on any atom is -0.475 e. The topological polar surface area (TPSA) is 121 Å². The van der Waals surface area contributed by atoms with Crippen molar-refractivity contribution < 1.29 is 28.2 Å². The van der Waals surface area contributed by atoms with Crippen molar-refractivity contribution >= 4 is 17.7 Å². The van der Waals surface area contributed by atoms with Crippen LogP contribution in [0.5, 0.6) is 0 Å². The lowest BCUT2D eigenvalue weighted by Gasteiger charge is -2.34. The lowest BCUT2D eigenvalue weighted by Crippen LogP contribution is -2.38. The van der Waals surface area contributed by atoms with Crippen molar-refractivity contribution in [3.63, 3.8) is 0 Å². The van der Waals surface area contributed by atoms with Gasteiger partial charge in [0, 0.05) is 64.2 Å². The fourth-order valence-electron chi connectivity index (χ4n) is 3.43. The fraction of sp³-hybridized carbons (Fsp3) is 0.650. The lowest BCUT2D eigenvalue weighted by atomic mass is 9.97. The van der Waals surface area contributed by atoms with E-state index in [0.29, 0.717) is 12.3 Å². The molecule has 0 amide bonds. The number of aliphatic hydroxyl groups is 1. The first-order valence-corrected chi connectivity index (χ1v) is 10.5. The van der Waals surface area contributed by atoms with Gasteiger partial charge in [-0.2, -0.15) is 18.2 Å². The third kappa shape index (κ3) is 7.55. The van der Waals surface area contributed by atoms with Crippen LogP contribution in [0.15, 0.2) is 6.20 Å². The number of hydrogen-bond donors (Lipinski definition) is 2. The second kappa shape index (κ2) is 11.3. The summed E-state index contributed by atoms with van der Waals surface area (Å²) in [5, 5.41) is 24.5. The second-order valence-electron chi connectivity index (χ2n) is 8.11. The molecule has 3 rings (SSSR count). The molecule has 0 radical (unpaired) electrons. The number of carboxylic acid groups (broad SMARTS) is 1. The van der Waals surface area contributed by atoms with Crippen molar-refractivity contribution in [1.82, 2.24) is 25.0 Å². The van der Waals surface area contributed by atoms with Crippen LogP contribution >= 0.6 is 0 Å². The van der Waals surface area contributed by atoms with Gasteiger partial charge in [-0.05, 0) is 32.6 Å². The number of aromatic nitrogens is 5. The van der Waals surface area contributed by atoms with Crippen LogP contribution in [0, 0.1) is 19.8 Å². The maximum Gasteiger partial charge on any atom is 0.490 e. The maximum absolute atomic E-state index is 10.6. The van der Waals surface area contributed by atoms with Crippen LogP contribution in [0.25, 0.3) is 0 Å². The van der Waals surface area contributed by atoms with Crippen LogP contribution in [-0.4, -0.2) is 81.1 Å². The van der Waals surface area contributed by atoms with Crippen LogP contribution < -0.4 is 9.80 Å². The highest BCUT2D eigenvalue weighted by molar-refractivity contribution is 5.73. The monoisotopic (exact) mass is 473 g/mol. The van der Waals surface area contributed by atoms with Gasteiger partial charge in [-0.25, -0.2) is 9.78 Å². The minimum atomic E-state index is -5.08. The van der Waals surface area contributed by atoms with E-state index in [4.69, 9.17) is 20.0 Å². The number of anilines is 2. The number of halogens is 3. The first-order chi connectivity index (χ1) is 15.4. The van der Waals surface area contributed by atoms with Crippen molar-refractivity contribution in [2.24, 2.45) is 5.92 Å². The van der Waals surface area contributed by atoms with E-state index in [1.165, 1.54) is 6.42 Å². The minimum absolute atomic E-state index is 0.108. The van der Waals surface area contributed by atoms with Gasteiger partial charge in [0.15, 0.2) is 0 Å². The summed E-state index contributed by atoms with van der Waals surface area (Å²) in [5.41, 5.74) is 3.03. The summed E-state index contributed by atoms with van der Waals surface area (Å²) in [5.74, 6) is -0.446. The Balaban J connectivity index is 0.000000479. The van der Waals surface area contributed by atoms with Crippen molar-refractivity contribution in [1.29, 1.82) is 0 Å². The fourth-order valence-corrected chi connectivity index (χ4v) is 3.43. The molecule has 1 atom stereocenters. The summed E-state index contributed by atoms with van der Waals surface area (Å²) in [6, 6.07) is 0. The van der Waals surface area contributed by atoms with Crippen LogP contribution in [0.3, 0.4) is 0 Å². The van der Waals surface area contributed by atoms with E-state index in [-0.39, 0.29) is 6.61 Å². The number of nitrogens with zero attached hydrogens (tertiary/aromatic N) is 7. The Hall–Kier alpha value is -2.96. The third-order valence-electron chi connectivity index (χ3n) is 5.21. The molecule has 0 spiro atoms. The highest BCUT2D eigenvalue weighted by atomic mass is 19.4. The quantitative estimate of drug-likeness (QED) is 0.647. The average Bonchev–Trinajstić information content (AvgIpc) is 3.17. The Labute approximate surface area is 190 Å². The molecule has 1 unspecified atom stereocenters. The molecule has 0 bridgehead atoms. The highest BCUT2D eigenvalue weighted by Crippen LogP contribution is 2.27. The molecule has 1 fully saturated rings. The Morgan fingerprint density at radius 2 is 1.94 bits per heavy atom. The zero-order chi connectivity index (χ0) is 24.8. The Morgan fingerprint density at radius 1 is 1.27 bits per heavy atom. The van der Waals surface area contributed by atoms with Crippen molar-refractivity contribution in [2.75, 3.05) is 43.6 Å². The van der Waals surface area contributed by atoms with Crippen molar-refractivity contribution in [3.8, 4) is 0 Å². The molecule has 184 valence electrons. The standard InChI is InChI=1S/C18H29N7O.C2HF3O2/c1-13-14(2)19-18(23(3)4)20-17(13)24-8-5-6-15(10-24)11-25-12-16(7-9-26)21-22-25;3-2(4,5)1(6)7/h12,15,26H,5-11H2,1-4H3;(H,6,7). The van der Waals surface area contributed by atoms with Crippen molar-refractivity contribution in [3.05, 3.63) is 23.1 Å². The molecule has 0 saturated carbocycles. The number of carboxylic acids is 1. The molecule has 2 N–H and O–H groups in total. The first kappa shape index (κ1) is 26.3. The highest BCUT2D eigenvalue weighted by Gasteiger charge is 2.38. The number of carbonyl (C=O) groups is 1. The van der Waals surface area contributed by atoms with Gasteiger partial charge < -0.3 is 20.0 Å². The smallest absolute Gasteiger partial charge is 0.475 e. The largest absolute Gasteiger partial charge is 0.490 e. The normalized spacial score (nSPS) is 16.2. The van der Waals surface area contributed by atoms with E-state index in [1.807, 2.05) is 36.8 Å². The zero-order valence-corrected chi connectivity index (χ0v) is 19.2. The van der Waals surface area contributed by atoms with Gasteiger partial charge in [-0.15, -0.1) is 5.10 Å². The summed E-state index contributed by atoms with van der Waals surface area (Å²) in [6.07, 6.45) is -0.263. The van der Waals surface area contributed by atoms with Gasteiger partial charge in [0.05, 0.1) is 5.69 Å². The molecule has 2 aromatic heterocycles. The first-order valence-electron chi connectivity index (χ1n) is 10.5. The van der Waals surface area contributed by atoms with Gasteiger partial charge >= 0.3 is 12.1 Å². The van der Waals surface area contributed by atoms with E-state index in [1.54, 1.807) is 0 Å². The van der Waals surface area contributed by atoms with Crippen LogP contribution in [0.2, 0.25) is 0 Å². The maximum atomic E-state index is 10.6. The Morgan fingerprint density at radius 3 is 2.52 bits per heavy atom. The molecular formula is C20H30F3N7O3. The summed E-state index contributed by atoms with van der Waals surface area (Å²) in [4.78, 5) is 22.6. The van der Waals surface area contributed by atoms with Gasteiger partial charge in [-0.3, -0.25) is 4.68 Å². The number of aliphatic hydroxyl groups excluding tert-OH is 1. The summed E-state index contributed by atoms with van der Waals surface area (Å²) in [7, 11) is 3.95. The molecule has 2 aromatic rings. The van der Waals surface area contributed by atoms with E-state index in [9.17, 15) is 13.2 Å². The third-order valence-corrected chi connectivity index (χ3v) is 5.21. The number of aryl methyl sites for hydroxylation is 1. The predicted octanol–water partition coefficient (Wildman–Crippen LogP) is 1.84. The Bertz CT molecular complexity index is 934. The molecule has 1 aliphatic rings. The number of alkyl halides is 3. The Kier molecular flexibility index (Phi) is 8.97. The number of hydrogen-bond acceptors (Lipinski definition) is 8. The summed E-state index contributed by atoms with van der Waals surface area (Å²) >= 11 is 0. The molecule has 1 aliphatic heterocycles. The van der Waals surface area contributed by atoms with Crippen LogP contribution in [-0.2, 0) is 17.8 Å². The van der Waals surface area contributed by atoms with Gasteiger partial charge in [-0.1, -0.05) is 5.21 Å². The van der Waals surface area contributed by atoms with E-state index < -0.39 is 12.1 Å². The molecule has 3 heterocycles. The summed E-state index contributed by atoms with van der Waals surface area (Å²) < 4.78 is 33.6. The van der Waals surface area contributed by atoms with Crippen molar-refractivity contribution in [2.45, 2.75) is 45.8 Å². The SMILES string of the molecule is Cc1nc(N(C)C)nc(N2CCCC(Cn3cc(CCO)nn3)C2)c1C.O=C(O)C(F)(F)F. The molecule has 1 saturated heterocycles. The number of piperidine rings is 1. The van der Waals surface area contributed by atoms with E-state index >= 15 is 0 Å². The van der Waals surface area contributed by atoms with E-state index in [0.717, 1.165) is 54.8 Å². The summed E-state index contributed by atoms with van der Waals surface area (Å²) in [6.45, 7) is 7.08. The molecule has 0 aliphatic carbocycles. The van der Waals surface area contributed by atoms with E-state index in [2.05, 4.69) is 27.1 Å². The lowest BCUT2D eigenvalue weighted by molar-refractivity contribution is -0.192. The number of rotatable bonds is 6. The molecule has 13 heteroatoms. The molecule has 10 nitrogen and oxygen atoms in total. The molecule has 33 heavy (non-hydrogen) atoms. The number of aliphatic carboxylic acids is 1. The second-order valence-corrected chi connectivity index (χ2v) is 8.11. The van der Waals surface area contributed by atoms with Crippen LogP contribution in [0.4, 0.5) is 24.9 Å².